The van der Waals surface area contributed by atoms with Gasteiger partial charge in [0.2, 0.25) is 0 Å². The highest BCUT2D eigenvalue weighted by Gasteiger charge is 2.37. The molecule has 0 heterocycles. The van der Waals surface area contributed by atoms with E-state index >= 15 is 0 Å². The number of carbonyl (C=O) groups is 1. The van der Waals surface area contributed by atoms with Crippen molar-refractivity contribution in [2.24, 2.45) is 5.73 Å². The lowest BCUT2D eigenvalue weighted by Crippen LogP contribution is -2.41. The lowest BCUT2D eigenvalue weighted by Gasteiger charge is -2.39. The number of aliphatic hydroxyl groups is 1. The summed E-state index contributed by atoms with van der Waals surface area (Å²) in [5, 5.41) is 18.5. The fourth-order valence-electron chi connectivity index (χ4n) is 2.27. The van der Waals surface area contributed by atoms with E-state index in [2.05, 4.69) is 0 Å². The molecule has 1 aromatic carbocycles. The Hall–Kier alpha value is -1.59. The van der Waals surface area contributed by atoms with Gasteiger partial charge in [-0.05, 0) is 30.5 Å². The van der Waals surface area contributed by atoms with E-state index in [9.17, 15) is 5.11 Å². The standard InChI is InChI=1S/C15H23NO2.C2H4O2/c1-18-13-7-5-12(6-8-13)14(11-16)15(17)9-3-2-4-10-15;1-2(3)4/h5-8,14,17H,2-4,9-11,16H2,1H3;1H3,(H,3,4)/i2D2,3D2,4D2;. The molecule has 1 saturated carbocycles. The summed E-state index contributed by atoms with van der Waals surface area (Å²) in [7, 11) is 1.52. The fraction of sp³-hybridized carbons (Fsp3) is 0.588. The van der Waals surface area contributed by atoms with Gasteiger partial charge in [-0.2, -0.15) is 0 Å². The Balaban J connectivity index is 0.000000892. The lowest BCUT2D eigenvalue weighted by molar-refractivity contribution is -0.134. The molecule has 0 amide bonds. The van der Waals surface area contributed by atoms with Crippen LogP contribution in [-0.4, -0.2) is 35.4 Å². The molecule has 1 unspecified atom stereocenters. The molecular formula is C17H27NO4. The quantitative estimate of drug-likeness (QED) is 0.794. The molecule has 2 rings (SSSR count). The minimum Gasteiger partial charge on any atom is -0.497 e. The Morgan fingerprint density at radius 1 is 1.36 bits per heavy atom. The summed E-state index contributed by atoms with van der Waals surface area (Å²) in [4.78, 5) is 9.00. The number of ether oxygens (including phenoxy) is 1. The van der Waals surface area contributed by atoms with Crippen LogP contribution in [0.15, 0.2) is 24.3 Å². The van der Waals surface area contributed by atoms with Crippen LogP contribution in [-0.2, 0) is 4.79 Å². The van der Waals surface area contributed by atoms with E-state index in [0.717, 1.165) is 6.92 Å². The molecule has 5 heteroatoms. The zero-order valence-electron chi connectivity index (χ0n) is 18.8. The van der Waals surface area contributed by atoms with Gasteiger partial charge in [-0.15, -0.1) is 0 Å². The largest absolute Gasteiger partial charge is 0.497 e. The number of hydrogen-bond donors (Lipinski definition) is 3. The van der Waals surface area contributed by atoms with Crippen LogP contribution in [0.5, 0.6) is 5.75 Å². The van der Waals surface area contributed by atoms with Crippen molar-refractivity contribution in [3.63, 3.8) is 0 Å². The summed E-state index contributed by atoms with van der Waals surface area (Å²) in [5.41, 5.74) is 4.65. The third-order valence-electron chi connectivity index (χ3n) is 3.37. The molecule has 0 spiro atoms. The average molecular weight is 315 g/mol. The molecule has 124 valence electrons. The van der Waals surface area contributed by atoms with Crippen molar-refractivity contribution < 1.29 is 28.0 Å². The predicted molar refractivity (Wildman–Crippen MR) is 86.1 cm³/mol. The SMILES string of the molecule is CC(=O)O.[2H]C1([2H])CC(O)(C(CN)c2ccc(OC)cc2)CC([2H])([2H])C1([2H])[2H]. The van der Waals surface area contributed by atoms with E-state index in [4.69, 9.17) is 28.6 Å². The van der Waals surface area contributed by atoms with E-state index in [0.29, 0.717) is 11.3 Å². The first-order valence-corrected chi connectivity index (χ1v) is 6.89. The van der Waals surface area contributed by atoms with E-state index in [1.165, 1.54) is 7.11 Å². The minimum atomic E-state index is -2.70. The molecule has 0 radical (unpaired) electrons. The maximum Gasteiger partial charge on any atom is 0.300 e. The summed E-state index contributed by atoms with van der Waals surface area (Å²) < 4.78 is 52.6. The third kappa shape index (κ3) is 5.31. The number of carboxylic acids is 1. The molecule has 0 aliphatic heterocycles. The minimum absolute atomic E-state index is 0.0159. The number of hydrogen-bond acceptors (Lipinski definition) is 4. The molecule has 0 bridgehead atoms. The molecule has 1 aliphatic rings. The van der Waals surface area contributed by atoms with Crippen LogP contribution in [0.3, 0.4) is 0 Å². The molecule has 1 aromatic rings. The van der Waals surface area contributed by atoms with Crippen molar-refractivity contribution in [1.82, 2.24) is 0 Å². The molecule has 1 fully saturated rings. The number of benzene rings is 1. The average Bonchev–Trinajstić information content (AvgIpc) is 2.53. The highest BCUT2D eigenvalue weighted by atomic mass is 16.5. The number of methoxy groups -OCH3 is 1. The predicted octanol–water partition coefficient (Wildman–Crippen LogP) is 2.52. The van der Waals surface area contributed by atoms with Crippen molar-refractivity contribution in [3.05, 3.63) is 29.8 Å². The van der Waals surface area contributed by atoms with E-state index in [1.54, 1.807) is 24.3 Å². The maximum absolute atomic E-state index is 11.1. The molecule has 22 heavy (non-hydrogen) atoms. The summed E-state index contributed by atoms with van der Waals surface area (Å²) >= 11 is 0. The zero-order valence-corrected chi connectivity index (χ0v) is 12.8. The van der Waals surface area contributed by atoms with E-state index < -0.39 is 49.4 Å². The van der Waals surface area contributed by atoms with Crippen LogP contribution in [0.25, 0.3) is 0 Å². The Morgan fingerprint density at radius 3 is 2.27 bits per heavy atom. The third-order valence-corrected chi connectivity index (χ3v) is 3.37. The molecule has 5 nitrogen and oxygen atoms in total. The van der Waals surface area contributed by atoms with Crippen LogP contribution in [0.2, 0.25) is 0 Å². The number of rotatable bonds is 4. The van der Waals surface area contributed by atoms with Gasteiger partial charge in [0.15, 0.2) is 0 Å². The van der Waals surface area contributed by atoms with Crippen LogP contribution < -0.4 is 10.5 Å². The Labute approximate surface area is 140 Å². The van der Waals surface area contributed by atoms with E-state index in [-0.39, 0.29) is 6.54 Å². The molecule has 0 saturated heterocycles. The summed E-state index contributed by atoms with van der Waals surface area (Å²) in [6, 6.07) is 6.77. The van der Waals surface area contributed by atoms with Gasteiger partial charge in [0.05, 0.1) is 12.7 Å². The van der Waals surface area contributed by atoms with Crippen molar-refractivity contribution in [1.29, 1.82) is 0 Å². The van der Waals surface area contributed by atoms with Gasteiger partial charge in [0.1, 0.15) is 5.75 Å². The Bertz CT molecular complexity index is 657. The van der Waals surface area contributed by atoms with Crippen LogP contribution >= 0.6 is 0 Å². The van der Waals surface area contributed by atoms with Gasteiger partial charge >= 0.3 is 0 Å². The second kappa shape index (κ2) is 8.76. The topological polar surface area (TPSA) is 92.8 Å². The van der Waals surface area contributed by atoms with Gasteiger partial charge < -0.3 is 20.7 Å². The Kier molecular flexibility index (Phi) is 4.39. The first kappa shape index (κ1) is 11.0. The molecule has 1 atom stereocenters. The van der Waals surface area contributed by atoms with Crippen molar-refractivity contribution in [2.45, 2.75) is 50.4 Å². The number of nitrogens with two attached hydrogens (primary N) is 1. The summed E-state index contributed by atoms with van der Waals surface area (Å²) in [6.07, 6.45) is -8.81. The first-order valence-electron chi connectivity index (χ1n) is 9.89. The molecule has 0 aromatic heterocycles. The van der Waals surface area contributed by atoms with Gasteiger partial charge in [-0.3, -0.25) is 4.79 Å². The van der Waals surface area contributed by atoms with Gasteiger partial charge in [0.25, 0.3) is 5.97 Å². The van der Waals surface area contributed by atoms with Gasteiger partial charge in [-0.1, -0.05) is 31.3 Å². The monoisotopic (exact) mass is 315 g/mol. The highest BCUT2D eigenvalue weighted by molar-refractivity contribution is 5.62. The number of aliphatic carboxylic acids is 1. The molecular weight excluding hydrogens is 282 g/mol. The zero-order chi connectivity index (χ0) is 22.0. The summed E-state index contributed by atoms with van der Waals surface area (Å²) in [5.74, 6) is -0.934. The fourth-order valence-corrected chi connectivity index (χ4v) is 2.27. The van der Waals surface area contributed by atoms with Crippen LogP contribution in [0.1, 0.15) is 58.6 Å². The van der Waals surface area contributed by atoms with Gasteiger partial charge in [-0.25, -0.2) is 0 Å². The maximum atomic E-state index is 11.1. The molecule has 4 N–H and O–H groups in total. The first-order chi connectivity index (χ1) is 12.6. The molecule has 1 aliphatic carbocycles. The summed E-state index contributed by atoms with van der Waals surface area (Å²) in [6.45, 7) is 1.07. The lowest BCUT2D eigenvalue weighted by atomic mass is 9.73. The highest BCUT2D eigenvalue weighted by Crippen LogP contribution is 2.39. The number of carboxylic acid groups (broad SMARTS) is 1. The second-order valence-electron chi connectivity index (χ2n) is 5.02. The second-order valence-corrected chi connectivity index (χ2v) is 5.02. The van der Waals surface area contributed by atoms with Crippen molar-refractivity contribution in [2.75, 3.05) is 13.7 Å². The van der Waals surface area contributed by atoms with Crippen molar-refractivity contribution >= 4 is 5.97 Å². The van der Waals surface area contributed by atoms with Crippen molar-refractivity contribution in [3.8, 4) is 5.75 Å². The normalized spacial score (nSPS) is 28.7. The van der Waals surface area contributed by atoms with Crippen LogP contribution in [0, 0.1) is 0 Å². The van der Waals surface area contributed by atoms with Crippen LogP contribution in [0.4, 0.5) is 0 Å². The Morgan fingerprint density at radius 2 is 1.86 bits per heavy atom. The van der Waals surface area contributed by atoms with E-state index in [1.807, 2.05) is 0 Å². The van der Waals surface area contributed by atoms with Gasteiger partial charge in [0, 0.05) is 27.6 Å². The smallest absolute Gasteiger partial charge is 0.300 e.